The standard InChI is InChI=1S/C16H27N3O2/c1-4-6-17-14(11-12-9-13(10-12)21-5-2)15-16(20-3)19-8-7-18-15/h7-8,12-14,17H,4-6,9-11H2,1-3H3. The monoisotopic (exact) mass is 293 g/mol. The second-order valence-electron chi connectivity index (χ2n) is 5.61. The number of methoxy groups -OCH3 is 1. The summed E-state index contributed by atoms with van der Waals surface area (Å²) in [6.07, 6.45) is 8.34. The molecule has 0 radical (unpaired) electrons. The van der Waals surface area contributed by atoms with Crippen LogP contribution in [0, 0.1) is 5.92 Å². The SMILES string of the molecule is CCCNC(CC1CC(OCC)C1)c1nccnc1OC. The normalized spacial score (nSPS) is 22.6. The van der Waals surface area contributed by atoms with Crippen LogP contribution in [0.2, 0.25) is 0 Å². The van der Waals surface area contributed by atoms with E-state index in [-0.39, 0.29) is 6.04 Å². The third-order valence-corrected chi connectivity index (χ3v) is 4.02. The van der Waals surface area contributed by atoms with Gasteiger partial charge in [0.25, 0.3) is 0 Å². The fourth-order valence-electron chi connectivity index (χ4n) is 2.91. The lowest BCUT2D eigenvalue weighted by molar-refractivity contribution is -0.0293. The van der Waals surface area contributed by atoms with E-state index in [0.717, 1.165) is 44.5 Å². The molecule has 0 saturated heterocycles. The molecule has 5 heteroatoms. The number of nitrogens with one attached hydrogen (secondary N) is 1. The Balaban J connectivity index is 1.98. The fourth-order valence-corrected chi connectivity index (χ4v) is 2.91. The van der Waals surface area contributed by atoms with Gasteiger partial charge in [0.15, 0.2) is 0 Å². The van der Waals surface area contributed by atoms with Crippen molar-refractivity contribution in [1.82, 2.24) is 15.3 Å². The van der Waals surface area contributed by atoms with Gasteiger partial charge in [0.1, 0.15) is 5.69 Å². The minimum Gasteiger partial charge on any atom is -0.480 e. The summed E-state index contributed by atoms with van der Waals surface area (Å²) in [6.45, 7) is 6.02. The van der Waals surface area contributed by atoms with Crippen molar-refractivity contribution in [3.63, 3.8) is 0 Å². The molecule has 0 aliphatic heterocycles. The Bertz CT molecular complexity index is 422. The Hall–Kier alpha value is -1.20. The van der Waals surface area contributed by atoms with Crippen LogP contribution < -0.4 is 10.1 Å². The molecule has 118 valence electrons. The third kappa shape index (κ3) is 4.38. The Kier molecular flexibility index (Phi) is 6.39. The van der Waals surface area contributed by atoms with Crippen LogP contribution in [-0.4, -0.2) is 36.3 Å². The van der Waals surface area contributed by atoms with Crippen molar-refractivity contribution >= 4 is 0 Å². The van der Waals surface area contributed by atoms with Crippen molar-refractivity contribution in [3.8, 4) is 5.88 Å². The van der Waals surface area contributed by atoms with Crippen LogP contribution in [0.5, 0.6) is 5.88 Å². The van der Waals surface area contributed by atoms with Crippen LogP contribution in [0.1, 0.15) is 51.3 Å². The van der Waals surface area contributed by atoms with Crippen LogP contribution >= 0.6 is 0 Å². The predicted molar refractivity (Wildman–Crippen MR) is 82.4 cm³/mol. The zero-order valence-electron chi connectivity index (χ0n) is 13.3. The van der Waals surface area contributed by atoms with Crippen molar-refractivity contribution in [3.05, 3.63) is 18.1 Å². The Labute approximate surface area is 127 Å². The number of rotatable bonds is 9. The summed E-state index contributed by atoms with van der Waals surface area (Å²) >= 11 is 0. The maximum absolute atomic E-state index is 5.65. The van der Waals surface area contributed by atoms with E-state index in [1.165, 1.54) is 0 Å². The summed E-state index contributed by atoms with van der Waals surface area (Å²) in [5.41, 5.74) is 0.924. The first-order chi connectivity index (χ1) is 10.3. The Morgan fingerprint density at radius 2 is 2.05 bits per heavy atom. The summed E-state index contributed by atoms with van der Waals surface area (Å²) < 4.78 is 11.0. The summed E-state index contributed by atoms with van der Waals surface area (Å²) in [7, 11) is 1.65. The van der Waals surface area contributed by atoms with E-state index < -0.39 is 0 Å². The number of ether oxygens (including phenoxy) is 2. The Morgan fingerprint density at radius 1 is 1.29 bits per heavy atom. The zero-order valence-corrected chi connectivity index (χ0v) is 13.3. The highest BCUT2D eigenvalue weighted by Crippen LogP contribution is 2.37. The lowest BCUT2D eigenvalue weighted by atomic mass is 9.77. The van der Waals surface area contributed by atoms with Gasteiger partial charge in [-0.1, -0.05) is 6.92 Å². The fraction of sp³-hybridized carbons (Fsp3) is 0.750. The van der Waals surface area contributed by atoms with Crippen LogP contribution in [-0.2, 0) is 4.74 Å². The van der Waals surface area contributed by atoms with Crippen LogP contribution in [0.4, 0.5) is 0 Å². The van der Waals surface area contributed by atoms with E-state index in [1.807, 2.05) is 0 Å². The molecule has 1 heterocycles. The van der Waals surface area contributed by atoms with Crippen molar-refractivity contribution < 1.29 is 9.47 Å². The van der Waals surface area contributed by atoms with Gasteiger partial charge in [-0.25, -0.2) is 4.98 Å². The number of nitrogens with zero attached hydrogens (tertiary/aromatic N) is 2. The average Bonchev–Trinajstić information content (AvgIpc) is 2.48. The van der Waals surface area contributed by atoms with E-state index in [0.29, 0.717) is 17.9 Å². The molecule has 1 fully saturated rings. The first-order valence-corrected chi connectivity index (χ1v) is 7.98. The molecule has 0 amide bonds. The van der Waals surface area contributed by atoms with Crippen LogP contribution in [0.25, 0.3) is 0 Å². The summed E-state index contributed by atoms with van der Waals surface area (Å²) in [5, 5.41) is 3.58. The van der Waals surface area contributed by atoms with Gasteiger partial charge < -0.3 is 14.8 Å². The van der Waals surface area contributed by atoms with Gasteiger partial charge in [-0.3, -0.25) is 4.98 Å². The minimum absolute atomic E-state index is 0.209. The molecule has 1 unspecified atom stereocenters. The van der Waals surface area contributed by atoms with E-state index in [9.17, 15) is 0 Å². The average molecular weight is 293 g/mol. The van der Waals surface area contributed by atoms with Gasteiger partial charge in [-0.2, -0.15) is 0 Å². The summed E-state index contributed by atoms with van der Waals surface area (Å²) in [5.74, 6) is 1.33. The van der Waals surface area contributed by atoms with Gasteiger partial charge in [0.05, 0.1) is 19.3 Å². The molecule has 21 heavy (non-hydrogen) atoms. The first kappa shape index (κ1) is 16.2. The van der Waals surface area contributed by atoms with Gasteiger partial charge >= 0.3 is 0 Å². The highest BCUT2D eigenvalue weighted by Gasteiger charge is 2.32. The number of aromatic nitrogens is 2. The lowest BCUT2D eigenvalue weighted by Crippen LogP contribution is -2.35. The summed E-state index contributed by atoms with van der Waals surface area (Å²) in [6, 6.07) is 0.209. The molecule has 1 aliphatic rings. The maximum Gasteiger partial charge on any atom is 0.236 e. The third-order valence-electron chi connectivity index (χ3n) is 4.02. The highest BCUT2D eigenvalue weighted by atomic mass is 16.5. The van der Waals surface area contributed by atoms with Gasteiger partial charge in [0.2, 0.25) is 5.88 Å². The molecule has 0 bridgehead atoms. The number of hydrogen-bond acceptors (Lipinski definition) is 5. The molecule has 5 nitrogen and oxygen atoms in total. The van der Waals surface area contributed by atoms with E-state index in [2.05, 4.69) is 29.1 Å². The lowest BCUT2D eigenvalue weighted by Gasteiger charge is -2.37. The van der Waals surface area contributed by atoms with Gasteiger partial charge in [-0.05, 0) is 45.1 Å². The molecular formula is C16H27N3O2. The van der Waals surface area contributed by atoms with Crippen LogP contribution in [0.15, 0.2) is 12.4 Å². The molecule has 1 N–H and O–H groups in total. The molecule has 2 rings (SSSR count). The minimum atomic E-state index is 0.209. The molecular weight excluding hydrogens is 266 g/mol. The van der Waals surface area contributed by atoms with Crippen molar-refractivity contribution in [2.75, 3.05) is 20.3 Å². The number of hydrogen-bond donors (Lipinski definition) is 1. The van der Waals surface area contributed by atoms with Crippen molar-refractivity contribution in [1.29, 1.82) is 0 Å². The molecule has 1 atom stereocenters. The van der Waals surface area contributed by atoms with Gasteiger partial charge in [0, 0.05) is 19.0 Å². The molecule has 0 spiro atoms. The molecule has 1 saturated carbocycles. The maximum atomic E-state index is 5.65. The van der Waals surface area contributed by atoms with Crippen molar-refractivity contribution in [2.45, 2.75) is 51.7 Å². The predicted octanol–water partition coefficient (Wildman–Crippen LogP) is 2.73. The highest BCUT2D eigenvalue weighted by molar-refractivity contribution is 5.21. The van der Waals surface area contributed by atoms with E-state index >= 15 is 0 Å². The molecule has 1 aromatic rings. The molecule has 1 aromatic heterocycles. The first-order valence-electron chi connectivity index (χ1n) is 7.98. The van der Waals surface area contributed by atoms with E-state index in [1.54, 1.807) is 19.5 Å². The largest absolute Gasteiger partial charge is 0.480 e. The smallest absolute Gasteiger partial charge is 0.236 e. The second-order valence-corrected chi connectivity index (χ2v) is 5.61. The van der Waals surface area contributed by atoms with Crippen LogP contribution in [0.3, 0.4) is 0 Å². The van der Waals surface area contributed by atoms with E-state index in [4.69, 9.17) is 9.47 Å². The van der Waals surface area contributed by atoms with Crippen molar-refractivity contribution in [2.24, 2.45) is 5.92 Å². The zero-order chi connectivity index (χ0) is 15.1. The van der Waals surface area contributed by atoms with Gasteiger partial charge in [-0.15, -0.1) is 0 Å². The Morgan fingerprint density at radius 3 is 2.71 bits per heavy atom. The summed E-state index contributed by atoms with van der Waals surface area (Å²) in [4.78, 5) is 8.76. The molecule has 1 aliphatic carbocycles. The molecule has 0 aromatic carbocycles. The quantitative estimate of drug-likeness (QED) is 0.758. The topological polar surface area (TPSA) is 56.3 Å². The second kappa shape index (κ2) is 8.29.